The van der Waals surface area contributed by atoms with Gasteiger partial charge in [-0.1, -0.05) is 20.8 Å². The van der Waals surface area contributed by atoms with Crippen LogP contribution in [0, 0.1) is 5.41 Å². The van der Waals surface area contributed by atoms with E-state index in [-0.39, 0.29) is 29.8 Å². The fourth-order valence-corrected chi connectivity index (χ4v) is 1.85. The van der Waals surface area contributed by atoms with Crippen LogP contribution < -0.4 is 10.6 Å². The number of carbonyl (C=O) groups excluding carboxylic acids is 1. The van der Waals surface area contributed by atoms with E-state index in [1.54, 1.807) is 0 Å². The van der Waals surface area contributed by atoms with E-state index in [0.717, 1.165) is 0 Å². The summed E-state index contributed by atoms with van der Waals surface area (Å²) in [6.07, 6.45) is 0.172. The zero-order chi connectivity index (χ0) is 12.9. The van der Waals surface area contributed by atoms with Crippen LogP contribution in [0.2, 0.25) is 0 Å². The fraction of sp³-hybridized carbons (Fsp3) is 0.917. The van der Waals surface area contributed by atoms with E-state index in [0.29, 0.717) is 32.7 Å². The van der Waals surface area contributed by atoms with Crippen LogP contribution in [-0.4, -0.2) is 49.5 Å². The minimum Gasteiger partial charge on any atom is -0.391 e. The van der Waals surface area contributed by atoms with Crippen molar-refractivity contribution in [2.24, 2.45) is 5.41 Å². The van der Waals surface area contributed by atoms with Gasteiger partial charge in [-0.15, -0.1) is 12.4 Å². The number of aliphatic hydroxyl groups excluding tert-OH is 1. The van der Waals surface area contributed by atoms with Crippen molar-refractivity contribution >= 4 is 18.3 Å². The number of carbonyl (C=O) groups is 1. The van der Waals surface area contributed by atoms with Crippen molar-refractivity contribution in [3.05, 3.63) is 0 Å². The lowest BCUT2D eigenvalue weighted by molar-refractivity contribution is -0.126. The number of halogens is 1. The largest absolute Gasteiger partial charge is 0.391 e. The van der Waals surface area contributed by atoms with Gasteiger partial charge in [-0.2, -0.15) is 0 Å². The van der Waals surface area contributed by atoms with Gasteiger partial charge in [-0.05, 0) is 11.8 Å². The number of morpholine rings is 1. The first-order valence-corrected chi connectivity index (χ1v) is 6.15. The normalized spacial score (nSPS) is 21.9. The van der Waals surface area contributed by atoms with Crippen LogP contribution in [0.15, 0.2) is 0 Å². The lowest BCUT2D eigenvalue weighted by Crippen LogP contribution is -2.52. The lowest BCUT2D eigenvalue weighted by Gasteiger charge is -2.25. The summed E-state index contributed by atoms with van der Waals surface area (Å²) in [4.78, 5) is 11.7. The van der Waals surface area contributed by atoms with Crippen LogP contribution in [0.3, 0.4) is 0 Å². The maximum absolute atomic E-state index is 11.7. The second-order valence-electron chi connectivity index (χ2n) is 5.75. The van der Waals surface area contributed by atoms with Gasteiger partial charge in [0.15, 0.2) is 0 Å². The minimum atomic E-state index is -0.497. The third-order valence-corrected chi connectivity index (χ3v) is 2.60. The van der Waals surface area contributed by atoms with Crippen molar-refractivity contribution in [1.82, 2.24) is 10.6 Å². The Morgan fingerprint density at radius 3 is 2.72 bits per heavy atom. The molecule has 0 saturated carbocycles. The number of ether oxygens (including phenoxy) is 1. The van der Waals surface area contributed by atoms with Crippen molar-refractivity contribution < 1.29 is 14.6 Å². The number of nitrogens with one attached hydrogen (secondary N) is 2. The van der Waals surface area contributed by atoms with Crippen LogP contribution >= 0.6 is 12.4 Å². The molecule has 1 amide bonds. The van der Waals surface area contributed by atoms with Gasteiger partial charge in [0.05, 0.1) is 19.3 Å². The summed E-state index contributed by atoms with van der Waals surface area (Å²) >= 11 is 0. The Kier molecular flexibility index (Phi) is 7.78. The second-order valence-corrected chi connectivity index (χ2v) is 5.75. The molecule has 2 atom stereocenters. The molecule has 108 valence electrons. The van der Waals surface area contributed by atoms with Gasteiger partial charge in [0, 0.05) is 13.1 Å². The Bertz CT molecular complexity index is 250. The molecular weight excluding hydrogens is 256 g/mol. The first-order valence-electron chi connectivity index (χ1n) is 6.15. The van der Waals surface area contributed by atoms with Crippen LogP contribution in [0.25, 0.3) is 0 Å². The van der Waals surface area contributed by atoms with Gasteiger partial charge in [0.1, 0.15) is 6.04 Å². The molecule has 2 unspecified atom stereocenters. The van der Waals surface area contributed by atoms with Crippen LogP contribution in [0.1, 0.15) is 27.2 Å². The first kappa shape index (κ1) is 17.6. The average molecular weight is 281 g/mol. The highest BCUT2D eigenvalue weighted by Gasteiger charge is 2.22. The van der Waals surface area contributed by atoms with Gasteiger partial charge in [-0.3, -0.25) is 4.79 Å². The third kappa shape index (κ3) is 7.16. The maximum Gasteiger partial charge on any atom is 0.239 e. The third-order valence-electron chi connectivity index (χ3n) is 2.60. The Morgan fingerprint density at radius 1 is 1.56 bits per heavy atom. The molecule has 1 aliphatic rings. The summed E-state index contributed by atoms with van der Waals surface area (Å²) < 4.78 is 5.20. The van der Waals surface area contributed by atoms with Gasteiger partial charge < -0.3 is 20.5 Å². The highest BCUT2D eigenvalue weighted by atomic mass is 35.5. The number of hydrogen-bond acceptors (Lipinski definition) is 4. The molecule has 6 heteroatoms. The summed E-state index contributed by atoms with van der Waals surface area (Å²) in [6, 6.07) is -0.286. The van der Waals surface area contributed by atoms with Crippen molar-refractivity contribution in [3.8, 4) is 0 Å². The fourth-order valence-electron chi connectivity index (χ4n) is 1.85. The smallest absolute Gasteiger partial charge is 0.239 e. The Hall–Kier alpha value is -0.360. The quantitative estimate of drug-likeness (QED) is 0.693. The molecule has 0 aliphatic carbocycles. The predicted octanol–water partition coefficient (Wildman–Crippen LogP) is 0.310. The topological polar surface area (TPSA) is 70.6 Å². The molecule has 0 aromatic heterocycles. The molecule has 1 rings (SSSR count). The standard InChI is InChI=1S/C12H24N2O3.ClH/c1-12(2,3)6-9(15)7-14-11(16)10-8-17-5-4-13-10;/h9-10,13,15H,4-8H2,1-3H3,(H,14,16);1H. The molecule has 18 heavy (non-hydrogen) atoms. The second kappa shape index (κ2) is 7.94. The molecule has 0 radical (unpaired) electrons. The molecule has 1 heterocycles. The summed E-state index contributed by atoms with van der Waals surface area (Å²) in [7, 11) is 0. The van der Waals surface area contributed by atoms with E-state index in [2.05, 4.69) is 31.4 Å². The molecule has 3 N–H and O–H groups in total. The highest BCUT2D eigenvalue weighted by Crippen LogP contribution is 2.20. The number of rotatable bonds is 4. The van der Waals surface area contributed by atoms with E-state index >= 15 is 0 Å². The maximum atomic E-state index is 11.7. The number of aliphatic hydroxyl groups is 1. The molecule has 0 spiro atoms. The average Bonchev–Trinajstić information content (AvgIpc) is 2.25. The molecule has 0 bridgehead atoms. The Labute approximate surface area is 115 Å². The lowest BCUT2D eigenvalue weighted by atomic mass is 9.89. The van der Waals surface area contributed by atoms with Gasteiger partial charge in [0.25, 0.3) is 0 Å². The number of amides is 1. The van der Waals surface area contributed by atoms with Gasteiger partial charge >= 0.3 is 0 Å². The van der Waals surface area contributed by atoms with Crippen LogP contribution in [0.5, 0.6) is 0 Å². The summed E-state index contributed by atoms with van der Waals surface area (Å²) in [6.45, 7) is 8.24. The molecule has 1 aliphatic heterocycles. The predicted molar refractivity (Wildman–Crippen MR) is 72.9 cm³/mol. The summed E-state index contributed by atoms with van der Waals surface area (Å²) in [5.74, 6) is -0.0994. The van der Waals surface area contributed by atoms with E-state index in [1.165, 1.54) is 0 Å². The van der Waals surface area contributed by atoms with E-state index in [1.807, 2.05) is 0 Å². The van der Waals surface area contributed by atoms with E-state index < -0.39 is 6.10 Å². The van der Waals surface area contributed by atoms with Gasteiger partial charge in [-0.25, -0.2) is 0 Å². The summed E-state index contributed by atoms with van der Waals surface area (Å²) in [5.41, 5.74) is 0.0658. The zero-order valence-corrected chi connectivity index (χ0v) is 12.2. The van der Waals surface area contributed by atoms with Crippen molar-refractivity contribution in [2.45, 2.75) is 39.3 Å². The Balaban J connectivity index is 0.00000289. The molecule has 1 fully saturated rings. The van der Waals surface area contributed by atoms with Crippen molar-refractivity contribution in [1.29, 1.82) is 0 Å². The first-order chi connectivity index (χ1) is 7.88. The Morgan fingerprint density at radius 2 is 2.22 bits per heavy atom. The van der Waals surface area contributed by atoms with Crippen LogP contribution in [-0.2, 0) is 9.53 Å². The molecule has 1 saturated heterocycles. The zero-order valence-electron chi connectivity index (χ0n) is 11.4. The number of hydrogen-bond donors (Lipinski definition) is 3. The molecule has 0 aromatic rings. The monoisotopic (exact) mass is 280 g/mol. The van der Waals surface area contributed by atoms with E-state index in [9.17, 15) is 9.90 Å². The molecule has 5 nitrogen and oxygen atoms in total. The minimum absolute atomic E-state index is 0. The summed E-state index contributed by atoms with van der Waals surface area (Å²) in [5, 5.41) is 15.6. The SMILES string of the molecule is CC(C)(C)CC(O)CNC(=O)C1COCCN1.Cl. The van der Waals surface area contributed by atoms with Crippen molar-refractivity contribution in [3.63, 3.8) is 0 Å². The van der Waals surface area contributed by atoms with Crippen LogP contribution in [0.4, 0.5) is 0 Å². The highest BCUT2D eigenvalue weighted by molar-refractivity contribution is 5.85. The molecular formula is C12H25ClN2O3. The van der Waals surface area contributed by atoms with E-state index in [4.69, 9.17) is 4.74 Å². The van der Waals surface area contributed by atoms with Crippen molar-refractivity contribution in [2.75, 3.05) is 26.3 Å². The van der Waals surface area contributed by atoms with Gasteiger partial charge in [0.2, 0.25) is 5.91 Å². The molecule has 0 aromatic carbocycles.